The van der Waals surface area contributed by atoms with E-state index in [1.807, 2.05) is 13.0 Å². The molecule has 5 rings (SSSR count). The zero-order valence-corrected chi connectivity index (χ0v) is 22.8. The third-order valence-electron chi connectivity index (χ3n) is 6.79. The van der Waals surface area contributed by atoms with Gasteiger partial charge < -0.3 is 9.64 Å². The molecule has 0 atom stereocenters. The van der Waals surface area contributed by atoms with Crippen LogP contribution in [0.5, 0.6) is 0 Å². The average Bonchev–Trinajstić information content (AvgIpc) is 3.54. The lowest BCUT2D eigenvalue weighted by atomic mass is 9.93. The number of nitrogens with one attached hydrogen (secondary N) is 1. The van der Waals surface area contributed by atoms with Gasteiger partial charge in [0.15, 0.2) is 5.17 Å². The Morgan fingerprint density at radius 2 is 1.95 bits per heavy atom. The number of allylic oxidation sites excluding steroid dienone is 1. The Bertz CT molecular complexity index is 1430. The van der Waals surface area contributed by atoms with Gasteiger partial charge >= 0.3 is 6.18 Å². The Balaban J connectivity index is 1.45. The third kappa shape index (κ3) is 6.32. The van der Waals surface area contributed by atoms with Crippen molar-refractivity contribution in [1.29, 1.82) is 0 Å². The number of alkyl halides is 3. The van der Waals surface area contributed by atoms with Crippen LogP contribution in [0.25, 0.3) is 16.5 Å². The van der Waals surface area contributed by atoms with Crippen LogP contribution in [-0.2, 0) is 22.1 Å². The highest BCUT2D eigenvalue weighted by atomic mass is 35.5. The minimum Gasteiger partial charge on any atom is -0.380 e. The standard InChI is InChI=1S/C27H27ClF3N5O2S/c1-2-38-12-11-35-7-9-36(10-8-35)26-33-25(37)24(39-26)21(17-4-6-23-19(13-17)16-32-34-23)14-18-3-5-20(28)15-22(18)27(29,30)31/h3-6,13,15-16H,2,7-12,14H2,1H3,(H,32,34). The first-order valence-corrected chi connectivity index (χ1v) is 13.8. The molecule has 3 heterocycles. The summed E-state index contributed by atoms with van der Waals surface area (Å²) in [6, 6.07) is 9.15. The van der Waals surface area contributed by atoms with Crippen LogP contribution < -0.4 is 0 Å². The van der Waals surface area contributed by atoms with Crippen LogP contribution in [0.2, 0.25) is 5.02 Å². The number of amidine groups is 1. The fourth-order valence-electron chi connectivity index (χ4n) is 4.72. The predicted molar refractivity (Wildman–Crippen MR) is 148 cm³/mol. The number of hydrogen-bond acceptors (Lipinski definition) is 6. The van der Waals surface area contributed by atoms with Crippen LogP contribution in [0.1, 0.15) is 23.6 Å². The van der Waals surface area contributed by atoms with E-state index in [-0.39, 0.29) is 17.0 Å². The second-order valence-electron chi connectivity index (χ2n) is 9.28. The van der Waals surface area contributed by atoms with Gasteiger partial charge in [-0.3, -0.25) is 14.8 Å². The largest absolute Gasteiger partial charge is 0.416 e. The van der Waals surface area contributed by atoms with Crippen molar-refractivity contribution in [3.63, 3.8) is 0 Å². The number of hydrogen-bond donors (Lipinski definition) is 1. The van der Waals surface area contributed by atoms with Crippen molar-refractivity contribution in [2.45, 2.75) is 19.5 Å². The molecule has 2 aliphatic rings. The summed E-state index contributed by atoms with van der Waals surface area (Å²) in [7, 11) is 0. The number of thioether (sulfide) groups is 1. The summed E-state index contributed by atoms with van der Waals surface area (Å²) in [4.78, 5) is 22.3. The van der Waals surface area contributed by atoms with E-state index >= 15 is 0 Å². The number of aromatic amines is 1. The maximum absolute atomic E-state index is 13.9. The third-order valence-corrected chi connectivity index (χ3v) is 8.18. The molecule has 7 nitrogen and oxygen atoms in total. The zero-order valence-electron chi connectivity index (χ0n) is 21.2. The van der Waals surface area contributed by atoms with Crippen LogP contribution in [-0.4, -0.2) is 77.0 Å². The Morgan fingerprint density at radius 1 is 1.15 bits per heavy atom. The molecule has 1 N–H and O–H groups in total. The van der Waals surface area contributed by atoms with Crippen LogP contribution in [0.4, 0.5) is 13.2 Å². The Kier molecular flexibility index (Phi) is 8.32. The molecular formula is C27H27ClF3N5O2S. The van der Waals surface area contributed by atoms with E-state index in [2.05, 4.69) is 25.0 Å². The van der Waals surface area contributed by atoms with Gasteiger partial charge in [0.05, 0.1) is 28.8 Å². The average molecular weight is 578 g/mol. The number of benzene rings is 2. The summed E-state index contributed by atoms with van der Waals surface area (Å²) in [5.41, 5.74) is 1.12. The molecular weight excluding hydrogens is 551 g/mol. The highest BCUT2D eigenvalue weighted by Gasteiger charge is 2.35. The summed E-state index contributed by atoms with van der Waals surface area (Å²) in [5, 5.41) is 8.28. The number of fused-ring (bicyclic) bond motifs is 1. The highest BCUT2D eigenvalue weighted by molar-refractivity contribution is 8.18. The van der Waals surface area contributed by atoms with E-state index < -0.39 is 17.6 Å². The van der Waals surface area contributed by atoms with Crippen molar-refractivity contribution >= 4 is 50.9 Å². The molecule has 0 aliphatic carbocycles. The molecule has 3 aromatic rings. The molecule has 206 valence electrons. The van der Waals surface area contributed by atoms with Crippen molar-refractivity contribution < 1.29 is 22.7 Å². The van der Waals surface area contributed by atoms with E-state index in [1.54, 1.807) is 18.3 Å². The summed E-state index contributed by atoms with van der Waals surface area (Å²) >= 11 is 7.14. The van der Waals surface area contributed by atoms with Crippen molar-refractivity contribution in [3.8, 4) is 0 Å². The normalized spacial score (nSPS) is 18.2. The summed E-state index contributed by atoms with van der Waals surface area (Å²) in [5.74, 6) is -0.446. The predicted octanol–water partition coefficient (Wildman–Crippen LogP) is 5.47. The molecule has 1 saturated heterocycles. The highest BCUT2D eigenvalue weighted by Crippen LogP contribution is 2.40. The Hall–Kier alpha value is -2.86. The molecule has 1 fully saturated rings. The summed E-state index contributed by atoms with van der Waals surface area (Å²) < 4.78 is 47.3. The topological polar surface area (TPSA) is 73.8 Å². The van der Waals surface area contributed by atoms with Crippen LogP contribution in [0, 0.1) is 0 Å². The van der Waals surface area contributed by atoms with Gasteiger partial charge in [-0.25, -0.2) is 0 Å². The number of H-pyrrole nitrogens is 1. The molecule has 0 spiro atoms. The number of rotatable bonds is 7. The number of carbonyl (C=O) groups is 1. The molecule has 0 unspecified atom stereocenters. The quantitative estimate of drug-likeness (QED) is 0.296. The first-order valence-electron chi connectivity index (χ1n) is 12.6. The van der Waals surface area contributed by atoms with Gasteiger partial charge in [0.1, 0.15) is 0 Å². The van der Waals surface area contributed by atoms with E-state index in [0.29, 0.717) is 47.5 Å². The second kappa shape index (κ2) is 11.7. The van der Waals surface area contributed by atoms with Crippen molar-refractivity contribution in [2.24, 2.45) is 4.99 Å². The second-order valence-corrected chi connectivity index (χ2v) is 10.7. The number of amides is 1. The zero-order chi connectivity index (χ0) is 27.6. The fraction of sp³-hybridized carbons (Fsp3) is 0.370. The maximum Gasteiger partial charge on any atom is 0.416 e. The molecule has 0 saturated carbocycles. The van der Waals surface area contributed by atoms with Gasteiger partial charge in [-0.1, -0.05) is 23.7 Å². The summed E-state index contributed by atoms with van der Waals surface area (Å²) in [6.45, 7) is 7.18. The molecule has 1 aromatic heterocycles. The number of carbonyl (C=O) groups excluding carboxylic acids is 1. The molecule has 1 amide bonds. The first kappa shape index (κ1) is 27.7. The number of aliphatic imine (C=N–C) groups is 1. The van der Waals surface area contributed by atoms with E-state index in [1.165, 1.54) is 23.9 Å². The smallest absolute Gasteiger partial charge is 0.380 e. The molecule has 2 aromatic carbocycles. The SMILES string of the molecule is CCOCCN1CCN(C2=NC(=O)C(=C(Cc3ccc(Cl)cc3C(F)(F)F)c3ccc4[nH]ncc4c3)S2)CC1. The summed E-state index contributed by atoms with van der Waals surface area (Å²) in [6.07, 6.45) is -3.07. The van der Waals surface area contributed by atoms with Gasteiger partial charge in [-0.05, 0) is 66.1 Å². The van der Waals surface area contributed by atoms with Crippen molar-refractivity contribution in [2.75, 3.05) is 45.9 Å². The van der Waals surface area contributed by atoms with Gasteiger partial charge in [0.25, 0.3) is 5.91 Å². The van der Waals surface area contributed by atoms with E-state index in [0.717, 1.165) is 36.6 Å². The van der Waals surface area contributed by atoms with Crippen molar-refractivity contribution in [3.05, 3.63) is 69.2 Å². The number of aromatic nitrogens is 2. The fourth-order valence-corrected chi connectivity index (χ4v) is 5.96. The maximum atomic E-state index is 13.9. The monoisotopic (exact) mass is 577 g/mol. The van der Waals surface area contributed by atoms with E-state index in [9.17, 15) is 18.0 Å². The number of ether oxygens (including phenoxy) is 1. The lowest BCUT2D eigenvalue weighted by Crippen LogP contribution is -2.48. The molecule has 0 bridgehead atoms. The number of piperazine rings is 1. The van der Waals surface area contributed by atoms with Crippen LogP contribution in [0.3, 0.4) is 0 Å². The van der Waals surface area contributed by atoms with Gasteiger partial charge in [-0.2, -0.15) is 23.3 Å². The van der Waals surface area contributed by atoms with Crippen LogP contribution in [0.15, 0.2) is 52.5 Å². The lowest BCUT2D eigenvalue weighted by molar-refractivity contribution is -0.138. The number of halogens is 4. The molecule has 12 heteroatoms. The lowest BCUT2D eigenvalue weighted by Gasteiger charge is -2.35. The number of nitrogens with zero attached hydrogens (tertiary/aromatic N) is 4. The van der Waals surface area contributed by atoms with E-state index in [4.69, 9.17) is 16.3 Å². The van der Waals surface area contributed by atoms with Crippen molar-refractivity contribution in [1.82, 2.24) is 20.0 Å². The van der Waals surface area contributed by atoms with Crippen LogP contribution >= 0.6 is 23.4 Å². The molecule has 2 aliphatic heterocycles. The van der Waals surface area contributed by atoms with Gasteiger partial charge in [0.2, 0.25) is 0 Å². The Morgan fingerprint density at radius 3 is 2.69 bits per heavy atom. The first-order chi connectivity index (χ1) is 18.7. The van der Waals surface area contributed by atoms with Gasteiger partial charge in [-0.15, -0.1) is 0 Å². The molecule has 39 heavy (non-hydrogen) atoms. The Labute approximate surface area is 233 Å². The minimum absolute atomic E-state index is 0.00238. The minimum atomic E-state index is -4.60. The molecule has 0 radical (unpaired) electrons. The van der Waals surface area contributed by atoms with Gasteiger partial charge in [0, 0.05) is 49.7 Å².